The van der Waals surface area contributed by atoms with E-state index in [1.165, 1.54) is 11.1 Å². The molecule has 0 saturated carbocycles. The van der Waals surface area contributed by atoms with Crippen molar-refractivity contribution in [2.24, 2.45) is 5.73 Å². The van der Waals surface area contributed by atoms with E-state index in [1.807, 2.05) is 0 Å². The molecule has 0 amide bonds. The predicted octanol–water partition coefficient (Wildman–Crippen LogP) is 1.81. The van der Waals surface area contributed by atoms with Gasteiger partial charge < -0.3 is 10.8 Å². The summed E-state index contributed by atoms with van der Waals surface area (Å²) in [6, 6.07) is 8.44. The summed E-state index contributed by atoms with van der Waals surface area (Å²) in [6.45, 7) is 3.00. The molecule has 78 valence electrons. The number of hydrogen-bond donors (Lipinski definition) is 2. The minimum atomic E-state index is 0.235. The molecule has 0 aliphatic rings. The Morgan fingerprint density at radius 2 is 2.14 bits per heavy atom. The van der Waals surface area contributed by atoms with E-state index < -0.39 is 0 Å². The highest BCUT2D eigenvalue weighted by Gasteiger charge is 2.09. The van der Waals surface area contributed by atoms with Gasteiger partial charge in [0.05, 0.1) is 0 Å². The van der Waals surface area contributed by atoms with E-state index in [0.29, 0.717) is 12.5 Å². The second-order valence-electron chi connectivity index (χ2n) is 3.70. The fourth-order valence-electron chi connectivity index (χ4n) is 1.76. The van der Waals surface area contributed by atoms with E-state index in [1.54, 1.807) is 0 Å². The summed E-state index contributed by atoms with van der Waals surface area (Å²) in [5.41, 5.74) is 8.12. The smallest absolute Gasteiger partial charge is 0.0436 e. The van der Waals surface area contributed by atoms with Crippen LogP contribution in [-0.4, -0.2) is 18.3 Å². The molecule has 0 aliphatic heterocycles. The van der Waals surface area contributed by atoms with Crippen molar-refractivity contribution in [3.63, 3.8) is 0 Å². The average Bonchev–Trinajstić information content (AvgIpc) is 2.17. The maximum atomic E-state index is 8.95. The second-order valence-corrected chi connectivity index (χ2v) is 3.70. The van der Waals surface area contributed by atoms with Crippen LogP contribution in [0, 0.1) is 6.92 Å². The first-order valence-corrected chi connectivity index (χ1v) is 5.15. The van der Waals surface area contributed by atoms with Gasteiger partial charge in [-0.15, -0.1) is 0 Å². The fourth-order valence-corrected chi connectivity index (χ4v) is 1.76. The summed E-state index contributed by atoms with van der Waals surface area (Å²) >= 11 is 0. The molecule has 0 heterocycles. The third-order valence-corrected chi connectivity index (χ3v) is 2.51. The average molecular weight is 193 g/mol. The Hall–Kier alpha value is -0.860. The number of rotatable bonds is 5. The maximum Gasteiger partial charge on any atom is 0.0436 e. The molecular weight excluding hydrogens is 174 g/mol. The Bertz CT molecular complexity index is 267. The van der Waals surface area contributed by atoms with Gasteiger partial charge in [0.2, 0.25) is 0 Å². The fraction of sp³-hybridized carbons (Fsp3) is 0.500. The lowest BCUT2D eigenvalue weighted by molar-refractivity contribution is 0.273. The first-order valence-electron chi connectivity index (χ1n) is 5.15. The number of hydrogen-bond acceptors (Lipinski definition) is 2. The molecule has 0 radical (unpaired) electrons. The molecule has 2 heteroatoms. The van der Waals surface area contributed by atoms with Crippen LogP contribution >= 0.6 is 0 Å². The van der Waals surface area contributed by atoms with Gasteiger partial charge in [0.25, 0.3) is 0 Å². The van der Waals surface area contributed by atoms with E-state index >= 15 is 0 Å². The maximum absolute atomic E-state index is 8.95. The molecule has 1 aromatic carbocycles. The van der Waals surface area contributed by atoms with Crippen LogP contribution in [0.3, 0.4) is 0 Å². The second kappa shape index (κ2) is 5.78. The zero-order valence-electron chi connectivity index (χ0n) is 8.74. The summed E-state index contributed by atoms with van der Waals surface area (Å²) in [6.07, 6.45) is 1.75. The Balaban J connectivity index is 2.75. The van der Waals surface area contributed by atoms with E-state index in [4.69, 9.17) is 10.8 Å². The van der Waals surface area contributed by atoms with Gasteiger partial charge >= 0.3 is 0 Å². The zero-order chi connectivity index (χ0) is 10.4. The van der Waals surface area contributed by atoms with Crippen molar-refractivity contribution in [2.45, 2.75) is 25.7 Å². The third-order valence-electron chi connectivity index (χ3n) is 2.51. The molecule has 2 nitrogen and oxygen atoms in total. The van der Waals surface area contributed by atoms with Crippen molar-refractivity contribution in [3.05, 3.63) is 35.4 Å². The van der Waals surface area contributed by atoms with E-state index in [-0.39, 0.29) is 6.61 Å². The summed E-state index contributed by atoms with van der Waals surface area (Å²) in [5, 5.41) is 8.95. The lowest BCUT2D eigenvalue weighted by Crippen LogP contribution is -2.09. The van der Waals surface area contributed by atoms with Crippen LogP contribution in [0.15, 0.2) is 24.3 Å². The molecule has 1 aromatic rings. The minimum Gasteiger partial charge on any atom is -0.396 e. The summed E-state index contributed by atoms with van der Waals surface area (Å²) in [5.74, 6) is 0.407. The zero-order valence-corrected chi connectivity index (χ0v) is 8.74. The van der Waals surface area contributed by atoms with E-state index in [2.05, 4.69) is 31.2 Å². The van der Waals surface area contributed by atoms with Crippen molar-refractivity contribution in [3.8, 4) is 0 Å². The van der Waals surface area contributed by atoms with Crippen LogP contribution in [-0.2, 0) is 0 Å². The standard InChI is InChI=1S/C12H19NO/c1-10-3-2-4-12(9-10)11(5-7-13)6-8-14/h2-4,9,11,14H,5-8,13H2,1H3/t11-/m0/s1. The van der Waals surface area contributed by atoms with E-state index in [9.17, 15) is 0 Å². The quantitative estimate of drug-likeness (QED) is 0.749. The number of nitrogens with two attached hydrogens (primary N) is 1. The monoisotopic (exact) mass is 193 g/mol. The Kier molecular flexibility index (Phi) is 4.63. The lowest BCUT2D eigenvalue weighted by atomic mass is 9.92. The first-order chi connectivity index (χ1) is 6.77. The summed E-state index contributed by atoms with van der Waals surface area (Å²) in [7, 11) is 0. The molecule has 1 rings (SSSR count). The molecular formula is C12H19NO. The molecule has 0 aromatic heterocycles. The highest BCUT2D eigenvalue weighted by molar-refractivity contribution is 5.25. The summed E-state index contributed by atoms with van der Waals surface area (Å²) < 4.78 is 0. The van der Waals surface area contributed by atoms with Crippen LogP contribution in [0.2, 0.25) is 0 Å². The van der Waals surface area contributed by atoms with Gasteiger partial charge in [-0.05, 0) is 37.8 Å². The van der Waals surface area contributed by atoms with Crippen molar-refractivity contribution in [1.29, 1.82) is 0 Å². The third kappa shape index (κ3) is 3.13. The van der Waals surface area contributed by atoms with Crippen molar-refractivity contribution >= 4 is 0 Å². The molecule has 0 aliphatic carbocycles. The van der Waals surface area contributed by atoms with Gasteiger partial charge in [0.1, 0.15) is 0 Å². The minimum absolute atomic E-state index is 0.235. The normalized spacial score (nSPS) is 12.8. The van der Waals surface area contributed by atoms with Crippen molar-refractivity contribution < 1.29 is 5.11 Å². The first kappa shape index (κ1) is 11.2. The highest BCUT2D eigenvalue weighted by atomic mass is 16.3. The molecule has 0 unspecified atom stereocenters. The van der Waals surface area contributed by atoms with Gasteiger partial charge in [0, 0.05) is 6.61 Å². The van der Waals surface area contributed by atoms with Crippen LogP contribution in [0.25, 0.3) is 0 Å². The van der Waals surface area contributed by atoms with Crippen LogP contribution in [0.4, 0.5) is 0 Å². The van der Waals surface area contributed by atoms with E-state index in [0.717, 1.165) is 12.8 Å². The molecule has 1 atom stereocenters. The largest absolute Gasteiger partial charge is 0.396 e. The molecule has 0 fully saturated rings. The van der Waals surface area contributed by atoms with Crippen molar-refractivity contribution in [2.75, 3.05) is 13.2 Å². The molecule has 0 saturated heterocycles. The van der Waals surface area contributed by atoms with Gasteiger partial charge in [-0.3, -0.25) is 0 Å². The number of aryl methyl sites for hydroxylation is 1. The highest BCUT2D eigenvalue weighted by Crippen LogP contribution is 2.23. The Morgan fingerprint density at radius 3 is 2.71 bits per heavy atom. The van der Waals surface area contributed by atoms with Crippen LogP contribution in [0.1, 0.15) is 29.9 Å². The van der Waals surface area contributed by atoms with Gasteiger partial charge in [0.15, 0.2) is 0 Å². The van der Waals surface area contributed by atoms with Gasteiger partial charge in [-0.1, -0.05) is 29.8 Å². The van der Waals surface area contributed by atoms with Crippen LogP contribution in [0.5, 0.6) is 0 Å². The van der Waals surface area contributed by atoms with Gasteiger partial charge in [-0.2, -0.15) is 0 Å². The number of aliphatic hydroxyl groups is 1. The molecule has 14 heavy (non-hydrogen) atoms. The molecule has 3 N–H and O–H groups in total. The van der Waals surface area contributed by atoms with Crippen molar-refractivity contribution in [1.82, 2.24) is 0 Å². The van der Waals surface area contributed by atoms with Crippen LogP contribution < -0.4 is 5.73 Å². The Morgan fingerprint density at radius 1 is 1.36 bits per heavy atom. The summed E-state index contributed by atoms with van der Waals surface area (Å²) in [4.78, 5) is 0. The Labute approximate surface area is 85.8 Å². The molecule has 0 spiro atoms. The van der Waals surface area contributed by atoms with Gasteiger partial charge in [-0.25, -0.2) is 0 Å². The predicted molar refractivity (Wildman–Crippen MR) is 59.3 cm³/mol. The number of benzene rings is 1. The number of aliphatic hydroxyl groups excluding tert-OH is 1. The lowest BCUT2D eigenvalue weighted by Gasteiger charge is -2.15. The topological polar surface area (TPSA) is 46.2 Å². The molecule has 0 bridgehead atoms. The SMILES string of the molecule is Cc1cccc([C@@H](CCN)CCO)c1.